The Morgan fingerprint density at radius 1 is 1.38 bits per heavy atom. The van der Waals surface area contributed by atoms with Gasteiger partial charge in [0.15, 0.2) is 0 Å². The quantitative estimate of drug-likeness (QED) is 0.770. The SMILES string of the molecule is O=C(Nc1cnn([C@@H]2CCOC2)c1)c1cccc(-n2cnnn2)c1. The minimum Gasteiger partial charge on any atom is -0.379 e. The smallest absolute Gasteiger partial charge is 0.255 e. The molecule has 0 radical (unpaired) electrons. The van der Waals surface area contributed by atoms with E-state index in [0.29, 0.717) is 23.5 Å². The minimum atomic E-state index is -0.216. The number of tetrazole rings is 1. The van der Waals surface area contributed by atoms with Gasteiger partial charge in [0.2, 0.25) is 0 Å². The fourth-order valence-electron chi connectivity index (χ4n) is 2.61. The summed E-state index contributed by atoms with van der Waals surface area (Å²) >= 11 is 0. The fraction of sp³-hybridized carbons (Fsp3) is 0.267. The fourth-order valence-corrected chi connectivity index (χ4v) is 2.61. The number of nitrogens with zero attached hydrogens (tertiary/aromatic N) is 6. The molecule has 0 bridgehead atoms. The van der Waals surface area contributed by atoms with Crippen molar-refractivity contribution >= 4 is 11.6 Å². The van der Waals surface area contributed by atoms with Gasteiger partial charge in [-0.05, 0) is 35.0 Å². The van der Waals surface area contributed by atoms with Crippen LogP contribution in [0.1, 0.15) is 22.8 Å². The zero-order valence-electron chi connectivity index (χ0n) is 12.7. The van der Waals surface area contributed by atoms with Gasteiger partial charge in [-0.25, -0.2) is 4.68 Å². The van der Waals surface area contributed by atoms with Gasteiger partial charge < -0.3 is 10.1 Å². The average Bonchev–Trinajstić information content (AvgIpc) is 3.36. The molecule has 1 aliphatic heterocycles. The molecule has 1 saturated heterocycles. The first-order valence-corrected chi connectivity index (χ1v) is 7.56. The molecule has 1 fully saturated rings. The third kappa shape index (κ3) is 2.88. The van der Waals surface area contributed by atoms with Crippen LogP contribution < -0.4 is 5.32 Å². The number of carbonyl (C=O) groups is 1. The second kappa shape index (κ2) is 6.20. The maximum atomic E-state index is 12.4. The molecule has 24 heavy (non-hydrogen) atoms. The van der Waals surface area contributed by atoms with Gasteiger partial charge in [-0.3, -0.25) is 9.48 Å². The summed E-state index contributed by atoms with van der Waals surface area (Å²) in [7, 11) is 0. The molecule has 0 saturated carbocycles. The lowest BCUT2D eigenvalue weighted by Crippen LogP contribution is -2.12. The van der Waals surface area contributed by atoms with Crippen LogP contribution in [0.15, 0.2) is 43.0 Å². The number of rotatable bonds is 4. The first kappa shape index (κ1) is 14.5. The summed E-state index contributed by atoms with van der Waals surface area (Å²) in [4.78, 5) is 12.4. The zero-order chi connectivity index (χ0) is 16.4. The van der Waals surface area contributed by atoms with E-state index in [-0.39, 0.29) is 11.9 Å². The molecule has 4 rings (SSSR count). The molecule has 0 spiro atoms. The Hall–Kier alpha value is -3.07. The normalized spacial score (nSPS) is 17.1. The van der Waals surface area contributed by atoms with E-state index in [1.807, 2.05) is 16.9 Å². The van der Waals surface area contributed by atoms with Crippen molar-refractivity contribution in [2.75, 3.05) is 18.5 Å². The van der Waals surface area contributed by atoms with Crippen molar-refractivity contribution in [2.45, 2.75) is 12.5 Å². The predicted molar refractivity (Wildman–Crippen MR) is 83.8 cm³/mol. The van der Waals surface area contributed by atoms with Gasteiger partial charge in [0, 0.05) is 18.4 Å². The first-order valence-electron chi connectivity index (χ1n) is 7.56. The van der Waals surface area contributed by atoms with E-state index in [1.165, 1.54) is 11.0 Å². The number of carbonyl (C=O) groups excluding carboxylic acids is 1. The Labute approximate surface area is 137 Å². The van der Waals surface area contributed by atoms with Crippen molar-refractivity contribution in [3.63, 3.8) is 0 Å². The molecule has 9 heteroatoms. The monoisotopic (exact) mass is 325 g/mol. The minimum absolute atomic E-state index is 0.216. The number of hydrogen-bond donors (Lipinski definition) is 1. The third-order valence-electron chi connectivity index (χ3n) is 3.86. The maximum absolute atomic E-state index is 12.4. The maximum Gasteiger partial charge on any atom is 0.255 e. The number of benzene rings is 1. The molecule has 0 unspecified atom stereocenters. The van der Waals surface area contributed by atoms with Crippen molar-refractivity contribution in [2.24, 2.45) is 0 Å². The number of amides is 1. The first-order chi connectivity index (χ1) is 11.8. The van der Waals surface area contributed by atoms with Crippen LogP contribution in [0.2, 0.25) is 0 Å². The van der Waals surface area contributed by atoms with Crippen molar-refractivity contribution in [3.8, 4) is 5.69 Å². The largest absolute Gasteiger partial charge is 0.379 e. The second-order valence-corrected chi connectivity index (χ2v) is 5.49. The van der Waals surface area contributed by atoms with Crippen LogP contribution in [-0.4, -0.2) is 49.1 Å². The van der Waals surface area contributed by atoms with Gasteiger partial charge in [0.1, 0.15) is 6.33 Å². The lowest BCUT2D eigenvalue weighted by atomic mass is 10.2. The molecule has 9 nitrogen and oxygen atoms in total. The zero-order valence-corrected chi connectivity index (χ0v) is 12.7. The second-order valence-electron chi connectivity index (χ2n) is 5.49. The van der Waals surface area contributed by atoms with Crippen molar-refractivity contribution < 1.29 is 9.53 Å². The molecule has 1 amide bonds. The summed E-state index contributed by atoms with van der Waals surface area (Å²) in [5.41, 5.74) is 1.88. The Balaban J connectivity index is 1.49. The highest BCUT2D eigenvalue weighted by atomic mass is 16.5. The Bertz CT molecular complexity index is 837. The standard InChI is InChI=1S/C15H15N7O2/c23-15(11-2-1-3-13(6-11)22-10-16-19-20-22)18-12-7-17-21(8-12)14-4-5-24-9-14/h1-3,6-8,10,14H,4-5,9H2,(H,18,23)/t14-/m1/s1. The summed E-state index contributed by atoms with van der Waals surface area (Å²) in [6, 6.07) is 7.30. The predicted octanol–water partition coefficient (Wildman–Crippen LogP) is 1.07. The Morgan fingerprint density at radius 2 is 2.33 bits per heavy atom. The highest BCUT2D eigenvalue weighted by Crippen LogP contribution is 2.20. The number of nitrogens with one attached hydrogen (secondary N) is 1. The van der Waals surface area contributed by atoms with Crippen LogP contribution in [0.5, 0.6) is 0 Å². The molecule has 1 N–H and O–H groups in total. The highest BCUT2D eigenvalue weighted by molar-refractivity contribution is 6.04. The number of ether oxygens (including phenoxy) is 1. The molecule has 3 heterocycles. The van der Waals surface area contributed by atoms with E-state index in [4.69, 9.17) is 4.74 Å². The van der Waals surface area contributed by atoms with Gasteiger partial charge in [-0.1, -0.05) is 6.07 Å². The van der Waals surface area contributed by atoms with Crippen molar-refractivity contribution in [3.05, 3.63) is 48.5 Å². The van der Waals surface area contributed by atoms with Gasteiger partial charge >= 0.3 is 0 Å². The van der Waals surface area contributed by atoms with Crippen LogP contribution in [-0.2, 0) is 4.74 Å². The molecule has 3 aromatic rings. The third-order valence-corrected chi connectivity index (χ3v) is 3.86. The molecule has 1 aromatic carbocycles. The van der Waals surface area contributed by atoms with Gasteiger partial charge in [0.25, 0.3) is 5.91 Å². The Kier molecular flexibility index (Phi) is 3.75. The molecule has 1 atom stereocenters. The van der Waals surface area contributed by atoms with Crippen LogP contribution in [0.4, 0.5) is 5.69 Å². The van der Waals surface area contributed by atoms with Crippen LogP contribution in [0.3, 0.4) is 0 Å². The van der Waals surface area contributed by atoms with E-state index in [2.05, 4.69) is 25.9 Å². The lowest BCUT2D eigenvalue weighted by molar-refractivity contribution is 0.102. The van der Waals surface area contributed by atoms with Crippen LogP contribution in [0.25, 0.3) is 5.69 Å². The summed E-state index contributed by atoms with van der Waals surface area (Å²) in [5, 5.41) is 18.1. The van der Waals surface area contributed by atoms with E-state index in [0.717, 1.165) is 13.0 Å². The summed E-state index contributed by atoms with van der Waals surface area (Å²) in [6.07, 6.45) is 5.87. The van der Waals surface area contributed by atoms with Crippen LogP contribution >= 0.6 is 0 Å². The van der Waals surface area contributed by atoms with E-state index in [9.17, 15) is 4.79 Å². The molecular weight excluding hydrogens is 310 g/mol. The molecule has 2 aromatic heterocycles. The Morgan fingerprint density at radius 3 is 3.12 bits per heavy atom. The number of hydrogen-bond acceptors (Lipinski definition) is 6. The van der Waals surface area contributed by atoms with Crippen LogP contribution in [0, 0.1) is 0 Å². The van der Waals surface area contributed by atoms with E-state index in [1.54, 1.807) is 24.4 Å². The van der Waals surface area contributed by atoms with Gasteiger partial charge in [-0.15, -0.1) is 5.10 Å². The number of anilines is 1. The van der Waals surface area contributed by atoms with Gasteiger partial charge in [-0.2, -0.15) is 5.10 Å². The molecule has 0 aliphatic carbocycles. The topological polar surface area (TPSA) is 99.8 Å². The summed E-state index contributed by atoms with van der Waals surface area (Å²) in [5.74, 6) is -0.216. The highest BCUT2D eigenvalue weighted by Gasteiger charge is 2.18. The van der Waals surface area contributed by atoms with E-state index < -0.39 is 0 Å². The van der Waals surface area contributed by atoms with Gasteiger partial charge in [0.05, 0.1) is 30.2 Å². The van der Waals surface area contributed by atoms with Crippen molar-refractivity contribution in [1.82, 2.24) is 30.0 Å². The molecule has 1 aliphatic rings. The number of aromatic nitrogens is 6. The summed E-state index contributed by atoms with van der Waals surface area (Å²) in [6.45, 7) is 1.40. The van der Waals surface area contributed by atoms with Crippen molar-refractivity contribution in [1.29, 1.82) is 0 Å². The molecular formula is C15H15N7O2. The summed E-state index contributed by atoms with van der Waals surface area (Å²) < 4.78 is 8.68. The van der Waals surface area contributed by atoms with E-state index >= 15 is 0 Å². The average molecular weight is 325 g/mol. The molecule has 122 valence electrons. The lowest BCUT2D eigenvalue weighted by Gasteiger charge is -2.07.